The standard InChI is InChI=1S/C24H18BrN3O2/c1-15-6-8-16(9-7-15)23-13-20(19-4-2-3-5-22(19)27-23)24(30)28-26-14-17-12-18(29)10-11-21(17)25/h2-14,29H,1H3,(H,28,30)/b26-14+. The molecule has 1 heterocycles. The average Bonchev–Trinajstić information content (AvgIpc) is 2.75. The number of pyridine rings is 1. The largest absolute Gasteiger partial charge is 0.508 e. The molecule has 2 N–H and O–H groups in total. The molecule has 0 aliphatic rings. The normalized spacial score (nSPS) is 11.1. The Balaban J connectivity index is 1.68. The molecule has 0 saturated carbocycles. The van der Waals surface area contributed by atoms with E-state index in [1.807, 2.05) is 55.5 Å². The fourth-order valence-corrected chi connectivity index (χ4v) is 3.44. The summed E-state index contributed by atoms with van der Waals surface area (Å²) in [5, 5.41) is 14.4. The van der Waals surface area contributed by atoms with Crippen molar-refractivity contribution in [3.05, 3.63) is 94.0 Å². The van der Waals surface area contributed by atoms with Crippen LogP contribution in [0.15, 0.2) is 82.4 Å². The van der Waals surface area contributed by atoms with Crippen molar-refractivity contribution in [2.75, 3.05) is 0 Å². The summed E-state index contributed by atoms with van der Waals surface area (Å²) in [7, 11) is 0. The van der Waals surface area contributed by atoms with Gasteiger partial charge in [-0.15, -0.1) is 0 Å². The molecule has 0 radical (unpaired) electrons. The Hall–Kier alpha value is -3.51. The molecule has 3 aromatic carbocycles. The van der Waals surface area contributed by atoms with Crippen molar-refractivity contribution in [1.29, 1.82) is 0 Å². The maximum absolute atomic E-state index is 12.9. The number of aromatic hydroxyl groups is 1. The van der Waals surface area contributed by atoms with Crippen molar-refractivity contribution in [3.8, 4) is 17.0 Å². The summed E-state index contributed by atoms with van der Waals surface area (Å²) in [5.41, 5.74) is 7.26. The molecule has 148 valence electrons. The number of hydrazone groups is 1. The number of para-hydroxylation sites is 1. The van der Waals surface area contributed by atoms with Crippen LogP contribution in [0.4, 0.5) is 0 Å². The number of carbonyl (C=O) groups is 1. The van der Waals surface area contributed by atoms with Gasteiger partial charge in [0.1, 0.15) is 5.75 Å². The highest BCUT2D eigenvalue weighted by Crippen LogP contribution is 2.25. The predicted molar refractivity (Wildman–Crippen MR) is 123 cm³/mol. The van der Waals surface area contributed by atoms with Crippen LogP contribution in [-0.4, -0.2) is 22.2 Å². The van der Waals surface area contributed by atoms with Gasteiger partial charge < -0.3 is 5.11 Å². The molecule has 0 aliphatic heterocycles. The van der Waals surface area contributed by atoms with Crippen LogP contribution in [0, 0.1) is 6.92 Å². The van der Waals surface area contributed by atoms with Gasteiger partial charge in [-0.25, -0.2) is 10.4 Å². The molecule has 30 heavy (non-hydrogen) atoms. The fraction of sp³-hybridized carbons (Fsp3) is 0.0417. The number of amides is 1. The molecular weight excluding hydrogens is 442 g/mol. The van der Waals surface area contributed by atoms with Crippen LogP contribution in [0.25, 0.3) is 22.2 Å². The Morgan fingerprint density at radius 2 is 1.83 bits per heavy atom. The molecule has 1 amide bonds. The molecule has 5 nitrogen and oxygen atoms in total. The average molecular weight is 460 g/mol. The zero-order valence-electron chi connectivity index (χ0n) is 16.1. The number of rotatable bonds is 4. The van der Waals surface area contributed by atoms with Gasteiger partial charge in [-0.05, 0) is 37.3 Å². The molecular formula is C24H18BrN3O2. The highest BCUT2D eigenvalue weighted by molar-refractivity contribution is 9.10. The lowest BCUT2D eigenvalue weighted by molar-refractivity contribution is 0.0956. The van der Waals surface area contributed by atoms with E-state index >= 15 is 0 Å². The van der Waals surface area contributed by atoms with E-state index < -0.39 is 0 Å². The molecule has 0 atom stereocenters. The lowest BCUT2D eigenvalue weighted by Gasteiger charge is -2.09. The van der Waals surface area contributed by atoms with Crippen LogP contribution in [0.2, 0.25) is 0 Å². The minimum atomic E-state index is -0.338. The van der Waals surface area contributed by atoms with Crippen molar-refractivity contribution in [1.82, 2.24) is 10.4 Å². The number of aryl methyl sites for hydroxylation is 1. The van der Waals surface area contributed by atoms with Crippen molar-refractivity contribution in [2.24, 2.45) is 5.10 Å². The quantitative estimate of drug-likeness (QED) is 0.315. The second-order valence-corrected chi connectivity index (χ2v) is 7.70. The van der Waals surface area contributed by atoms with Crippen molar-refractivity contribution < 1.29 is 9.90 Å². The van der Waals surface area contributed by atoms with Gasteiger partial charge in [0.25, 0.3) is 5.91 Å². The molecule has 1 aromatic heterocycles. The Labute approximate surface area is 182 Å². The molecule has 0 spiro atoms. The lowest BCUT2D eigenvalue weighted by atomic mass is 10.0. The number of nitrogens with one attached hydrogen (secondary N) is 1. The highest BCUT2D eigenvalue weighted by atomic mass is 79.9. The second-order valence-electron chi connectivity index (χ2n) is 6.84. The number of nitrogens with zero attached hydrogens (tertiary/aromatic N) is 2. The summed E-state index contributed by atoms with van der Waals surface area (Å²) in [6.07, 6.45) is 1.48. The number of fused-ring (bicyclic) bond motifs is 1. The predicted octanol–water partition coefficient (Wildman–Crippen LogP) is 5.44. The van der Waals surface area contributed by atoms with Crippen LogP contribution in [-0.2, 0) is 0 Å². The van der Waals surface area contributed by atoms with E-state index in [4.69, 9.17) is 4.98 Å². The topological polar surface area (TPSA) is 74.6 Å². The molecule has 0 aliphatic carbocycles. The Morgan fingerprint density at radius 3 is 2.63 bits per heavy atom. The van der Waals surface area contributed by atoms with Crippen LogP contribution in [0.5, 0.6) is 5.75 Å². The number of carbonyl (C=O) groups excluding carboxylic acids is 1. The van der Waals surface area contributed by atoms with Crippen LogP contribution < -0.4 is 5.43 Å². The number of halogens is 1. The monoisotopic (exact) mass is 459 g/mol. The van der Waals surface area contributed by atoms with Gasteiger partial charge in [0, 0.05) is 21.0 Å². The SMILES string of the molecule is Cc1ccc(-c2cc(C(=O)N/N=C/c3cc(O)ccc3Br)c3ccccc3n2)cc1. The Kier molecular flexibility index (Phi) is 5.59. The third-order valence-corrected chi connectivity index (χ3v) is 5.38. The van der Waals surface area contributed by atoms with Gasteiger partial charge in [0.05, 0.1) is 23.0 Å². The third-order valence-electron chi connectivity index (χ3n) is 4.66. The van der Waals surface area contributed by atoms with Gasteiger partial charge >= 0.3 is 0 Å². The molecule has 4 rings (SSSR count). The van der Waals surface area contributed by atoms with Crippen molar-refractivity contribution >= 4 is 39.0 Å². The molecule has 6 heteroatoms. The first-order chi connectivity index (χ1) is 14.5. The zero-order valence-corrected chi connectivity index (χ0v) is 17.7. The first kappa shape index (κ1) is 19.8. The third kappa shape index (κ3) is 4.23. The van der Waals surface area contributed by atoms with Gasteiger partial charge in [-0.3, -0.25) is 4.79 Å². The summed E-state index contributed by atoms with van der Waals surface area (Å²) in [6.45, 7) is 2.03. The first-order valence-corrected chi connectivity index (χ1v) is 10.1. The van der Waals surface area contributed by atoms with E-state index in [1.54, 1.807) is 24.3 Å². The van der Waals surface area contributed by atoms with Crippen LogP contribution in [0.3, 0.4) is 0 Å². The van der Waals surface area contributed by atoms with E-state index in [2.05, 4.69) is 26.5 Å². The molecule has 0 bridgehead atoms. The van der Waals surface area contributed by atoms with E-state index in [0.29, 0.717) is 11.1 Å². The summed E-state index contributed by atoms with van der Waals surface area (Å²) in [4.78, 5) is 17.6. The molecule has 0 fully saturated rings. The van der Waals surface area contributed by atoms with E-state index in [-0.39, 0.29) is 11.7 Å². The van der Waals surface area contributed by atoms with Crippen molar-refractivity contribution in [3.63, 3.8) is 0 Å². The molecule has 0 saturated heterocycles. The number of aromatic nitrogens is 1. The second kappa shape index (κ2) is 8.47. The number of phenols is 1. The minimum absolute atomic E-state index is 0.119. The van der Waals surface area contributed by atoms with E-state index in [1.165, 1.54) is 6.21 Å². The Bertz CT molecular complexity index is 1270. The number of phenolic OH excluding ortho intramolecular Hbond substituents is 1. The zero-order chi connectivity index (χ0) is 21.1. The van der Waals surface area contributed by atoms with E-state index in [9.17, 15) is 9.90 Å². The van der Waals surface area contributed by atoms with Crippen LogP contribution in [0.1, 0.15) is 21.5 Å². The van der Waals surface area contributed by atoms with Gasteiger partial charge in [0.15, 0.2) is 0 Å². The Morgan fingerprint density at radius 1 is 1.07 bits per heavy atom. The highest BCUT2D eigenvalue weighted by Gasteiger charge is 2.13. The van der Waals surface area contributed by atoms with Crippen molar-refractivity contribution in [2.45, 2.75) is 6.92 Å². The summed E-state index contributed by atoms with van der Waals surface area (Å²) < 4.78 is 0.759. The van der Waals surface area contributed by atoms with Gasteiger partial charge in [0.2, 0.25) is 0 Å². The molecule has 4 aromatic rings. The summed E-state index contributed by atoms with van der Waals surface area (Å²) in [6, 6.07) is 22.2. The summed E-state index contributed by atoms with van der Waals surface area (Å²) >= 11 is 3.39. The number of hydrogen-bond acceptors (Lipinski definition) is 4. The lowest BCUT2D eigenvalue weighted by Crippen LogP contribution is -2.18. The van der Waals surface area contributed by atoms with E-state index in [0.717, 1.165) is 32.2 Å². The number of benzene rings is 3. The van der Waals surface area contributed by atoms with Gasteiger partial charge in [-0.1, -0.05) is 64.0 Å². The maximum atomic E-state index is 12.9. The maximum Gasteiger partial charge on any atom is 0.272 e. The fourth-order valence-electron chi connectivity index (χ4n) is 3.09. The summed E-state index contributed by atoms with van der Waals surface area (Å²) in [5.74, 6) is -0.219. The van der Waals surface area contributed by atoms with Gasteiger partial charge in [-0.2, -0.15) is 5.10 Å². The van der Waals surface area contributed by atoms with Crippen LogP contribution >= 0.6 is 15.9 Å². The smallest absolute Gasteiger partial charge is 0.272 e. The number of hydrogen-bond donors (Lipinski definition) is 2. The first-order valence-electron chi connectivity index (χ1n) is 9.30. The molecule has 0 unspecified atom stereocenters. The minimum Gasteiger partial charge on any atom is -0.508 e.